The van der Waals surface area contributed by atoms with E-state index in [1.165, 1.54) is 0 Å². The summed E-state index contributed by atoms with van der Waals surface area (Å²) in [7, 11) is 0. The molecule has 0 spiro atoms. The van der Waals surface area contributed by atoms with E-state index in [0.717, 1.165) is 25.8 Å². The van der Waals surface area contributed by atoms with Crippen LogP contribution in [-0.2, 0) is 4.79 Å². The Morgan fingerprint density at radius 3 is 2.88 bits per heavy atom. The van der Waals surface area contributed by atoms with Crippen LogP contribution in [0.25, 0.3) is 0 Å². The van der Waals surface area contributed by atoms with Gasteiger partial charge in [-0.3, -0.25) is 15.0 Å². The molecule has 0 aromatic rings. The molecule has 0 radical (unpaired) electrons. The summed E-state index contributed by atoms with van der Waals surface area (Å²) in [6.45, 7) is 3.54. The third-order valence-corrected chi connectivity index (χ3v) is 2.85. The number of nitrogens with zero attached hydrogens (tertiary/aromatic N) is 1. The molecule has 3 amide bonds. The van der Waals surface area contributed by atoms with Gasteiger partial charge in [-0.1, -0.05) is 6.92 Å². The molecule has 1 saturated heterocycles. The molecule has 0 aliphatic carbocycles. The Bertz CT molecular complexity index is 271. The first-order valence-electron chi connectivity index (χ1n) is 6.10. The van der Waals surface area contributed by atoms with Crippen molar-refractivity contribution in [2.45, 2.75) is 32.2 Å². The quantitative estimate of drug-likeness (QED) is 0.618. The molecule has 6 heteroatoms. The molecular weight excluding hydrogens is 222 g/mol. The number of carbonyl (C=O) groups excluding carboxylic acids is 2. The fourth-order valence-electron chi connectivity index (χ4n) is 1.94. The van der Waals surface area contributed by atoms with Gasteiger partial charge in [0.25, 0.3) is 0 Å². The molecule has 1 aliphatic rings. The number of imide groups is 1. The second-order valence-electron chi connectivity index (χ2n) is 4.25. The van der Waals surface area contributed by atoms with E-state index in [9.17, 15) is 9.59 Å². The second kappa shape index (κ2) is 7.24. The van der Waals surface area contributed by atoms with Crippen LogP contribution in [0.1, 0.15) is 26.2 Å². The van der Waals surface area contributed by atoms with Crippen molar-refractivity contribution in [2.24, 2.45) is 0 Å². The van der Waals surface area contributed by atoms with Crippen LogP contribution >= 0.6 is 0 Å². The van der Waals surface area contributed by atoms with E-state index in [4.69, 9.17) is 5.11 Å². The Morgan fingerprint density at radius 1 is 1.47 bits per heavy atom. The lowest BCUT2D eigenvalue weighted by molar-refractivity contribution is -0.121. The molecular formula is C11H21N3O3. The van der Waals surface area contributed by atoms with E-state index in [1.807, 2.05) is 11.8 Å². The number of amides is 3. The van der Waals surface area contributed by atoms with E-state index in [2.05, 4.69) is 10.6 Å². The summed E-state index contributed by atoms with van der Waals surface area (Å²) in [5.74, 6) is -0.320. The molecule has 98 valence electrons. The number of carbonyl (C=O) groups is 2. The van der Waals surface area contributed by atoms with Crippen molar-refractivity contribution in [3.63, 3.8) is 0 Å². The van der Waals surface area contributed by atoms with Crippen molar-refractivity contribution in [1.82, 2.24) is 15.5 Å². The number of aliphatic hydroxyl groups is 1. The molecule has 1 rings (SSSR count). The Hall–Kier alpha value is -1.14. The molecule has 0 aromatic heterocycles. The van der Waals surface area contributed by atoms with E-state index in [1.54, 1.807) is 0 Å². The largest absolute Gasteiger partial charge is 0.395 e. The average Bonchev–Trinajstić information content (AvgIpc) is 2.73. The Labute approximate surface area is 101 Å². The summed E-state index contributed by atoms with van der Waals surface area (Å²) >= 11 is 0. The lowest BCUT2D eigenvalue weighted by Crippen LogP contribution is -2.46. The topological polar surface area (TPSA) is 81.7 Å². The molecule has 1 atom stereocenters. The van der Waals surface area contributed by atoms with Gasteiger partial charge in [0.15, 0.2) is 0 Å². The summed E-state index contributed by atoms with van der Waals surface area (Å²) in [5, 5.41) is 13.9. The Kier molecular flexibility index (Phi) is 5.93. The van der Waals surface area contributed by atoms with Crippen LogP contribution < -0.4 is 10.6 Å². The van der Waals surface area contributed by atoms with Gasteiger partial charge in [-0.05, 0) is 25.8 Å². The fraction of sp³-hybridized carbons (Fsp3) is 0.818. The van der Waals surface area contributed by atoms with E-state index >= 15 is 0 Å². The van der Waals surface area contributed by atoms with Crippen LogP contribution in [-0.4, -0.2) is 54.2 Å². The number of aliphatic hydroxyl groups excluding tert-OH is 1. The van der Waals surface area contributed by atoms with Gasteiger partial charge in [0.2, 0.25) is 5.91 Å². The molecule has 17 heavy (non-hydrogen) atoms. The van der Waals surface area contributed by atoms with Gasteiger partial charge in [0.05, 0.1) is 13.2 Å². The molecule has 1 fully saturated rings. The van der Waals surface area contributed by atoms with Gasteiger partial charge in [0, 0.05) is 12.6 Å². The summed E-state index contributed by atoms with van der Waals surface area (Å²) in [6, 6.07) is -0.393. The maximum atomic E-state index is 11.5. The van der Waals surface area contributed by atoms with Crippen molar-refractivity contribution in [2.75, 3.05) is 26.2 Å². The first-order valence-corrected chi connectivity index (χ1v) is 6.10. The number of rotatable bonds is 5. The average molecular weight is 243 g/mol. The lowest BCUT2D eigenvalue weighted by Gasteiger charge is -2.21. The van der Waals surface area contributed by atoms with Crippen LogP contribution in [0.2, 0.25) is 0 Å². The van der Waals surface area contributed by atoms with Crippen molar-refractivity contribution in [1.29, 1.82) is 0 Å². The predicted molar refractivity (Wildman–Crippen MR) is 63.5 cm³/mol. The molecule has 1 heterocycles. The van der Waals surface area contributed by atoms with Gasteiger partial charge in [0.1, 0.15) is 0 Å². The summed E-state index contributed by atoms with van der Waals surface area (Å²) in [5.41, 5.74) is 0. The normalized spacial score (nSPS) is 20.2. The zero-order valence-electron chi connectivity index (χ0n) is 10.2. The van der Waals surface area contributed by atoms with Crippen LogP contribution in [0.5, 0.6) is 0 Å². The first-order chi connectivity index (χ1) is 8.17. The van der Waals surface area contributed by atoms with E-state index in [-0.39, 0.29) is 25.1 Å². The fourth-order valence-corrected chi connectivity index (χ4v) is 1.94. The molecule has 1 aliphatic heterocycles. The summed E-state index contributed by atoms with van der Waals surface area (Å²) in [6.07, 6.45) is 2.73. The smallest absolute Gasteiger partial charge is 0.321 e. The highest BCUT2D eigenvalue weighted by molar-refractivity contribution is 5.95. The zero-order chi connectivity index (χ0) is 12.7. The number of urea groups is 1. The Balaban J connectivity index is 2.26. The predicted octanol–water partition coefficient (Wildman–Crippen LogP) is -0.321. The third kappa shape index (κ3) is 4.70. The van der Waals surface area contributed by atoms with Gasteiger partial charge >= 0.3 is 6.03 Å². The molecule has 0 bridgehead atoms. The maximum Gasteiger partial charge on any atom is 0.321 e. The number of nitrogens with one attached hydrogen (secondary N) is 2. The van der Waals surface area contributed by atoms with Gasteiger partial charge < -0.3 is 10.4 Å². The molecule has 0 unspecified atom stereocenters. The highest BCUT2D eigenvalue weighted by Crippen LogP contribution is 2.15. The lowest BCUT2D eigenvalue weighted by atomic mass is 10.2. The zero-order valence-corrected chi connectivity index (χ0v) is 10.2. The highest BCUT2D eigenvalue weighted by atomic mass is 16.3. The number of hydrogen-bond donors (Lipinski definition) is 3. The molecule has 0 aromatic carbocycles. The minimum absolute atomic E-state index is 0.0550. The molecule has 0 saturated carbocycles. The van der Waals surface area contributed by atoms with Crippen molar-refractivity contribution in [3.05, 3.63) is 0 Å². The van der Waals surface area contributed by atoms with Crippen molar-refractivity contribution >= 4 is 11.9 Å². The maximum absolute atomic E-state index is 11.5. The minimum Gasteiger partial charge on any atom is -0.395 e. The summed E-state index contributed by atoms with van der Waals surface area (Å²) < 4.78 is 0. The number of hydrogen-bond acceptors (Lipinski definition) is 4. The van der Waals surface area contributed by atoms with Gasteiger partial charge in [-0.25, -0.2) is 4.79 Å². The standard InChI is InChI=1S/C11H21N3O3/c1-2-5-12-11(17)13-10(16)7-14-6-3-4-9(14)8-15/h9,15H,2-8H2,1H3,(H2,12,13,16,17)/t9-/m0/s1. The molecule has 6 nitrogen and oxygen atoms in total. The molecule has 3 N–H and O–H groups in total. The van der Waals surface area contributed by atoms with Crippen LogP contribution in [0.4, 0.5) is 4.79 Å². The third-order valence-electron chi connectivity index (χ3n) is 2.85. The van der Waals surface area contributed by atoms with E-state index < -0.39 is 6.03 Å². The van der Waals surface area contributed by atoms with Crippen LogP contribution in [0.3, 0.4) is 0 Å². The number of likely N-dealkylation sites (tertiary alicyclic amines) is 1. The Morgan fingerprint density at radius 2 is 2.24 bits per heavy atom. The van der Waals surface area contributed by atoms with Crippen LogP contribution in [0, 0.1) is 0 Å². The van der Waals surface area contributed by atoms with Crippen molar-refractivity contribution in [3.8, 4) is 0 Å². The first kappa shape index (κ1) is 13.9. The van der Waals surface area contributed by atoms with Gasteiger partial charge in [-0.2, -0.15) is 0 Å². The minimum atomic E-state index is -0.448. The summed E-state index contributed by atoms with van der Waals surface area (Å²) in [4.78, 5) is 24.7. The van der Waals surface area contributed by atoms with E-state index in [0.29, 0.717) is 6.54 Å². The monoisotopic (exact) mass is 243 g/mol. The second-order valence-corrected chi connectivity index (χ2v) is 4.25. The van der Waals surface area contributed by atoms with Crippen LogP contribution in [0.15, 0.2) is 0 Å². The highest BCUT2D eigenvalue weighted by Gasteiger charge is 2.25. The van der Waals surface area contributed by atoms with Gasteiger partial charge in [-0.15, -0.1) is 0 Å². The SMILES string of the molecule is CCCNC(=O)NC(=O)CN1CCC[C@H]1CO. The van der Waals surface area contributed by atoms with Crippen molar-refractivity contribution < 1.29 is 14.7 Å².